The first-order valence-corrected chi connectivity index (χ1v) is 5.01. The minimum Gasteiger partial charge on any atom is -0.284 e. The highest BCUT2D eigenvalue weighted by Gasteiger charge is 1.89. The largest absolute Gasteiger partial charge is 0.284 e. The fourth-order valence-electron chi connectivity index (χ4n) is 0.697. The van der Waals surface area contributed by atoms with Crippen molar-refractivity contribution in [2.75, 3.05) is 4.43 Å². The van der Waals surface area contributed by atoms with Gasteiger partial charge in [0.25, 0.3) is 0 Å². The molecular weight excluding hydrogens is 263 g/mol. The number of halogens is 1. The molecule has 0 saturated heterocycles. The summed E-state index contributed by atoms with van der Waals surface area (Å²) in [5.41, 5.74) is 0.885. The lowest BCUT2D eigenvalue weighted by molar-refractivity contribution is -0.111. The van der Waals surface area contributed by atoms with Crippen LogP contribution in [0.25, 0.3) is 0 Å². The van der Waals surface area contributed by atoms with Gasteiger partial charge in [-0.1, -0.05) is 46.7 Å². The fourth-order valence-corrected chi connectivity index (χ4v) is 0.887. The number of Topliss-reactive ketones (excluding diaryl/α,β-unsaturated/α-hetero) is 1. The Balaban J connectivity index is 2.74. The Morgan fingerprint density at radius 1 is 1.33 bits per heavy atom. The number of ketones is 1. The molecule has 0 heterocycles. The minimum atomic E-state index is -0.0283. The predicted octanol–water partition coefficient (Wildman–Crippen LogP) is 2.04. The molecule has 0 amide bonds. The van der Waals surface area contributed by atoms with Crippen LogP contribution in [0.1, 0.15) is 5.56 Å². The highest BCUT2D eigenvalue weighted by Crippen LogP contribution is 1.94. The fraction of sp³-hybridized carbons (Fsp3) is 0.100. The van der Waals surface area contributed by atoms with Crippen molar-refractivity contribution in [2.24, 2.45) is 0 Å². The Morgan fingerprint density at radius 2 is 2.00 bits per heavy atom. The summed E-state index contributed by atoms with van der Waals surface area (Å²) in [4.78, 5) is 10.8. The van der Waals surface area contributed by atoms with Crippen LogP contribution in [0.3, 0.4) is 0 Å². The summed E-state index contributed by atoms with van der Waals surface area (Å²) < 4.78 is 0.456. The number of rotatable bonds is 1. The summed E-state index contributed by atoms with van der Waals surface area (Å²) in [6.07, 6.45) is 0. The third-order valence-corrected chi connectivity index (χ3v) is 1.93. The van der Waals surface area contributed by atoms with Crippen LogP contribution in [0.15, 0.2) is 30.3 Å². The van der Waals surface area contributed by atoms with E-state index in [4.69, 9.17) is 0 Å². The maximum atomic E-state index is 10.8. The first kappa shape index (κ1) is 9.27. The quantitative estimate of drug-likeness (QED) is 0.433. The summed E-state index contributed by atoms with van der Waals surface area (Å²) in [7, 11) is 0. The van der Waals surface area contributed by atoms with E-state index in [1.54, 1.807) is 0 Å². The van der Waals surface area contributed by atoms with Gasteiger partial charge in [-0.25, -0.2) is 0 Å². The Bertz CT molecular complexity index is 319. The van der Waals surface area contributed by atoms with Gasteiger partial charge in [0.1, 0.15) is 0 Å². The molecule has 0 radical (unpaired) electrons. The maximum absolute atomic E-state index is 10.8. The van der Waals surface area contributed by atoms with Crippen molar-refractivity contribution in [2.45, 2.75) is 0 Å². The van der Waals surface area contributed by atoms with Crippen LogP contribution in [0, 0.1) is 11.8 Å². The van der Waals surface area contributed by atoms with E-state index in [0.717, 1.165) is 5.56 Å². The predicted molar refractivity (Wildman–Crippen MR) is 57.2 cm³/mol. The first-order valence-electron chi connectivity index (χ1n) is 3.49. The van der Waals surface area contributed by atoms with E-state index in [0.29, 0.717) is 4.43 Å². The zero-order valence-corrected chi connectivity index (χ0v) is 8.54. The van der Waals surface area contributed by atoms with E-state index in [2.05, 4.69) is 11.8 Å². The van der Waals surface area contributed by atoms with Crippen molar-refractivity contribution in [1.82, 2.24) is 0 Å². The molecule has 0 fully saturated rings. The second-order valence-electron chi connectivity index (χ2n) is 2.17. The number of carbonyl (C=O) groups is 1. The summed E-state index contributed by atoms with van der Waals surface area (Å²) in [6.45, 7) is 0. The molecule has 0 aliphatic heterocycles. The Labute approximate surface area is 85.3 Å². The first-order chi connectivity index (χ1) is 5.83. The second kappa shape index (κ2) is 4.94. The lowest BCUT2D eigenvalue weighted by atomic mass is 10.2. The standard InChI is InChI=1S/C10H7IO/c11-8-10(12)7-6-9-4-2-1-3-5-9/h1-5H,8H2. The lowest BCUT2D eigenvalue weighted by Crippen LogP contribution is -1.92. The van der Waals surface area contributed by atoms with Gasteiger partial charge in [0, 0.05) is 5.56 Å². The molecule has 0 aliphatic rings. The van der Waals surface area contributed by atoms with Gasteiger partial charge in [-0.05, 0) is 18.1 Å². The molecule has 0 N–H and O–H groups in total. The van der Waals surface area contributed by atoms with Gasteiger partial charge >= 0.3 is 0 Å². The molecule has 0 unspecified atom stereocenters. The van der Waals surface area contributed by atoms with Crippen LogP contribution in [0.5, 0.6) is 0 Å². The van der Waals surface area contributed by atoms with Crippen molar-refractivity contribution in [3.05, 3.63) is 35.9 Å². The van der Waals surface area contributed by atoms with Crippen molar-refractivity contribution < 1.29 is 4.79 Å². The van der Waals surface area contributed by atoms with Gasteiger partial charge in [0.2, 0.25) is 5.78 Å². The SMILES string of the molecule is O=C(C#Cc1ccccc1)CI. The number of alkyl halides is 1. The Hall–Kier alpha value is -0.820. The molecule has 2 heteroatoms. The molecular formula is C10H7IO. The Kier molecular flexibility index (Phi) is 3.81. The van der Waals surface area contributed by atoms with Crippen molar-refractivity contribution in [3.8, 4) is 11.8 Å². The number of hydrogen-bond acceptors (Lipinski definition) is 1. The van der Waals surface area contributed by atoms with Crippen molar-refractivity contribution >= 4 is 28.4 Å². The average molecular weight is 270 g/mol. The van der Waals surface area contributed by atoms with Crippen LogP contribution in [0.2, 0.25) is 0 Å². The molecule has 1 aromatic rings. The van der Waals surface area contributed by atoms with Crippen molar-refractivity contribution in [3.63, 3.8) is 0 Å². The van der Waals surface area contributed by atoms with Crippen LogP contribution in [-0.4, -0.2) is 10.2 Å². The van der Waals surface area contributed by atoms with Gasteiger partial charge in [0.15, 0.2) is 0 Å². The van der Waals surface area contributed by atoms with Crippen LogP contribution >= 0.6 is 22.6 Å². The van der Waals surface area contributed by atoms with Gasteiger partial charge in [-0.15, -0.1) is 0 Å². The van der Waals surface area contributed by atoms with E-state index in [9.17, 15) is 4.79 Å². The van der Waals surface area contributed by atoms with Gasteiger partial charge in [0.05, 0.1) is 4.43 Å². The van der Waals surface area contributed by atoms with E-state index in [1.165, 1.54) is 0 Å². The molecule has 0 saturated carbocycles. The van der Waals surface area contributed by atoms with E-state index in [-0.39, 0.29) is 5.78 Å². The molecule has 0 bridgehead atoms. The Morgan fingerprint density at radius 3 is 2.58 bits per heavy atom. The summed E-state index contributed by atoms with van der Waals surface area (Å²) in [5.74, 6) is 5.31. The summed E-state index contributed by atoms with van der Waals surface area (Å²) in [6, 6.07) is 9.49. The van der Waals surface area contributed by atoms with Crippen molar-refractivity contribution in [1.29, 1.82) is 0 Å². The molecule has 1 rings (SSSR count). The van der Waals surface area contributed by atoms with Crippen LogP contribution in [-0.2, 0) is 4.79 Å². The third-order valence-electron chi connectivity index (χ3n) is 1.24. The third kappa shape index (κ3) is 3.05. The number of carbonyl (C=O) groups excluding carboxylic acids is 1. The van der Waals surface area contributed by atoms with E-state index < -0.39 is 0 Å². The lowest BCUT2D eigenvalue weighted by Gasteiger charge is -1.85. The second-order valence-corrected chi connectivity index (χ2v) is 2.94. The normalized spacial score (nSPS) is 8.42. The maximum Gasteiger partial charge on any atom is 0.215 e. The molecule has 0 atom stereocenters. The number of benzene rings is 1. The highest BCUT2D eigenvalue weighted by molar-refractivity contribution is 14.1. The molecule has 0 aromatic heterocycles. The zero-order valence-electron chi connectivity index (χ0n) is 6.38. The van der Waals surface area contributed by atoms with Gasteiger partial charge < -0.3 is 0 Å². The highest BCUT2D eigenvalue weighted by atomic mass is 127. The average Bonchev–Trinajstić information content (AvgIpc) is 2.16. The monoisotopic (exact) mass is 270 g/mol. The smallest absolute Gasteiger partial charge is 0.215 e. The molecule has 12 heavy (non-hydrogen) atoms. The van der Waals surface area contributed by atoms with E-state index >= 15 is 0 Å². The summed E-state index contributed by atoms with van der Waals surface area (Å²) in [5, 5.41) is 0. The van der Waals surface area contributed by atoms with E-state index in [1.807, 2.05) is 52.9 Å². The molecule has 60 valence electrons. The molecule has 0 aliphatic carbocycles. The minimum absolute atomic E-state index is 0.0283. The zero-order chi connectivity index (χ0) is 8.81. The van der Waals surface area contributed by atoms with Gasteiger partial charge in [-0.2, -0.15) is 0 Å². The topological polar surface area (TPSA) is 17.1 Å². The molecule has 1 aromatic carbocycles. The van der Waals surface area contributed by atoms with Crippen LogP contribution < -0.4 is 0 Å². The van der Waals surface area contributed by atoms with Crippen LogP contribution in [0.4, 0.5) is 0 Å². The molecule has 1 nitrogen and oxygen atoms in total. The summed E-state index contributed by atoms with van der Waals surface area (Å²) >= 11 is 2.00. The molecule has 0 spiro atoms. The number of hydrogen-bond donors (Lipinski definition) is 0. The van der Waals surface area contributed by atoms with Gasteiger partial charge in [-0.3, -0.25) is 4.79 Å².